The summed E-state index contributed by atoms with van der Waals surface area (Å²) in [6.45, 7) is 5.68. The minimum absolute atomic E-state index is 0.0503. The van der Waals surface area contributed by atoms with E-state index in [1.807, 2.05) is 0 Å². The Morgan fingerprint density at radius 3 is 2.48 bits per heavy atom. The first kappa shape index (κ1) is 18.0. The summed E-state index contributed by atoms with van der Waals surface area (Å²) in [5.74, 6) is 0.102. The van der Waals surface area contributed by atoms with Crippen LogP contribution >= 0.6 is 0 Å². The number of carbonyl (C=O) groups excluding carboxylic acids is 2. The molecule has 1 rings (SSSR count). The van der Waals surface area contributed by atoms with Crippen LogP contribution in [0.15, 0.2) is 0 Å². The Hall–Kier alpha value is -1.10. The van der Waals surface area contributed by atoms with Crippen molar-refractivity contribution < 1.29 is 14.3 Å². The Balaban J connectivity index is 2.23. The monoisotopic (exact) mass is 298 g/mol. The lowest BCUT2D eigenvalue weighted by atomic mass is 9.97. The lowest BCUT2D eigenvalue weighted by Gasteiger charge is -2.23. The molecule has 1 fully saturated rings. The van der Waals surface area contributed by atoms with Gasteiger partial charge in [0.05, 0.1) is 0 Å². The molecule has 2 amide bonds. The van der Waals surface area contributed by atoms with Gasteiger partial charge in [-0.3, -0.25) is 9.59 Å². The van der Waals surface area contributed by atoms with Crippen LogP contribution < -0.4 is 10.6 Å². The highest BCUT2D eigenvalue weighted by Crippen LogP contribution is 2.27. The second kappa shape index (κ2) is 10.6. The predicted octanol–water partition coefficient (Wildman–Crippen LogP) is 2.00. The first-order valence-corrected chi connectivity index (χ1v) is 8.27. The van der Waals surface area contributed by atoms with E-state index >= 15 is 0 Å². The van der Waals surface area contributed by atoms with Gasteiger partial charge in [0.1, 0.15) is 6.04 Å². The molecule has 5 heteroatoms. The maximum atomic E-state index is 12.2. The standard InChI is InChI=1S/C16H30N2O3/c1-3-4-11-21-12-7-10-17-16(20)15(18-13(2)19)14-8-5-6-9-14/h14-15H,3-12H2,1-2H3,(H,17,20)(H,18,19). The Morgan fingerprint density at radius 1 is 1.19 bits per heavy atom. The maximum absolute atomic E-state index is 12.2. The van der Waals surface area contributed by atoms with Crippen molar-refractivity contribution in [1.29, 1.82) is 0 Å². The first-order valence-electron chi connectivity index (χ1n) is 8.27. The third kappa shape index (κ3) is 7.46. The van der Waals surface area contributed by atoms with Crippen LogP contribution in [0, 0.1) is 5.92 Å². The second-order valence-corrected chi connectivity index (χ2v) is 5.83. The Morgan fingerprint density at radius 2 is 1.86 bits per heavy atom. The van der Waals surface area contributed by atoms with Crippen LogP contribution in [0.2, 0.25) is 0 Å². The summed E-state index contributed by atoms with van der Waals surface area (Å²) in [5, 5.41) is 5.73. The van der Waals surface area contributed by atoms with E-state index in [1.165, 1.54) is 6.92 Å². The number of unbranched alkanes of at least 4 members (excludes halogenated alkanes) is 1. The second-order valence-electron chi connectivity index (χ2n) is 5.83. The van der Waals surface area contributed by atoms with E-state index in [2.05, 4.69) is 17.6 Å². The number of nitrogens with one attached hydrogen (secondary N) is 2. The molecule has 0 aromatic rings. The molecule has 1 aliphatic carbocycles. The maximum Gasteiger partial charge on any atom is 0.242 e. The van der Waals surface area contributed by atoms with Crippen molar-refractivity contribution in [2.45, 2.75) is 64.8 Å². The summed E-state index contributed by atoms with van der Waals surface area (Å²) in [4.78, 5) is 23.5. The largest absolute Gasteiger partial charge is 0.381 e. The fourth-order valence-electron chi connectivity index (χ4n) is 2.75. The van der Waals surface area contributed by atoms with Crippen LogP contribution in [0.1, 0.15) is 58.8 Å². The fourth-order valence-corrected chi connectivity index (χ4v) is 2.75. The zero-order valence-electron chi connectivity index (χ0n) is 13.5. The molecule has 1 atom stereocenters. The quantitative estimate of drug-likeness (QED) is 0.606. The highest BCUT2D eigenvalue weighted by molar-refractivity contribution is 5.87. The number of carbonyl (C=O) groups is 2. The van der Waals surface area contributed by atoms with Gasteiger partial charge in [0.2, 0.25) is 11.8 Å². The van der Waals surface area contributed by atoms with Crippen LogP contribution in [0.4, 0.5) is 0 Å². The van der Waals surface area contributed by atoms with E-state index in [0.29, 0.717) is 13.2 Å². The Labute approximate surface area is 128 Å². The van der Waals surface area contributed by atoms with Gasteiger partial charge in [-0.05, 0) is 31.6 Å². The third-order valence-corrected chi connectivity index (χ3v) is 3.92. The zero-order chi connectivity index (χ0) is 15.5. The van der Waals surface area contributed by atoms with Gasteiger partial charge in [0, 0.05) is 26.7 Å². The van der Waals surface area contributed by atoms with Gasteiger partial charge in [-0.2, -0.15) is 0 Å². The van der Waals surface area contributed by atoms with Crippen LogP contribution in [0.5, 0.6) is 0 Å². The van der Waals surface area contributed by atoms with Gasteiger partial charge in [-0.1, -0.05) is 26.2 Å². The van der Waals surface area contributed by atoms with E-state index < -0.39 is 0 Å². The van der Waals surface area contributed by atoms with Gasteiger partial charge < -0.3 is 15.4 Å². The summed E-state index contributed by atoms with van der Waals surface area (Å²) in [6, 6.07) is -0.369. The normalized spacial score (nSPS) is 16.7. The molecule has 5 nitrogen and oxygen atoms in total. The lowest BCUT2D eigenvalue weighted by molar-refractivity contribution is -0.129. The van der Waals surface area contributed by atoms with Gasteiger partial charge in [0.15, 0.2) is 0 Å². The molecule has 1 unspecified atom stereocenters. The van der Waals surface area contributed by atoms with E-state index in [9.17, 15) is 9.59 Å². The summed E-state index contributed by atoms with van der Waals surface area (Å²) in [6.07, 6.45) is 7.39. The smallest absolute Gasteiger partial charge is 0.242 e. The van der Waals surface area contributed by atoms with Crippen LogP contribution in [-0.4, -0.2) is 37.6 Å². The van der Waals surface area contributed by atoms with Gasteiger partial charge in [0.25, 0.3) is 0 Å². The van der Waals surface area contributed by atoms with Crippen molar-refractivity contribution in [3.05, 3.63) is 0 Å². The fraction of sp³-hybridized carbons (Fsp3) is 0.875. The number of hydrogen-bond acceptors (Lipinski definition) is 3. The molecular weight excluding hydrogens is 268 g/mol. The highest BCUT2D eigenvalue weighted by atomic mass is 16.5. The van der Waals surface area contributed by atoms with Crippen molar-refractivity contribution in [3.8, 4) is 0 Å². The molecule has 1 saturated carbocycles. The molecule has 0 radical (unpaired) electrons. The van der Waals surface area contributed by atoms with Crippen molar-refractivity contribution in [2.75, 3.05) is 19.8 Å². The molecule has 2 N–H and O–H groups in total. The summed E-state index contributed by atoms with van der Waals surface area (Å²) in [7, 11) is 0. The van der Waals surface area contributed by atoms with E-state index in [1.54, 1.807) is 0 Å². The van der Waals surface area contributed by atoms with Crippen molar-refractivity contribution in [1.82, 2.24) is 10.6 Å². The molecule has 0 aliphatic heterocycles. The number of amides is 2. The van der Waals surface area contributed by atoms with Crippen LogP contribution in [0.25, 0.3) is 0 Å². The average molecular weight is 298 g/mol. The van der Waals surface area contributed by atoms with Crippen LogP contribution in [0.3, 0.4) is 0 Å². The summed E-state index contributed by atoms with van der Waals surface area (Å²) >= 11 is 0. The summed E-state index contributed by atoms with van der Waals surface area (Å²) < 4.78 is 5.46. The third-order valence-electron chi connectivity index (χ3n) is 3.92. The van der Waals surface area contributed by atoms with Crippen molar-refractivity contribution in [3.63, 3.8) is 0 Å². The summed E-state index contributed by atoms with van der Waals surface area (Å²) in [5.41, 5.74) is 0. The van der Waals surface area contributed by atoms with E-state index in [4.69, 9.17) is 4.74 Å². The number of hydrogen-bond donors (Lipinski definition) is 2. The van der Waals surface area contributed by atoms with Gasteiger partial charge in [-0.25, -0.2) is 0 Å². The number of rotatable bonds is 10. The SMILES string of the molecule is CCCCOCCCNC(=O)C(NC(C)=O)C1CCCC1. The minimum atomic E-state index is -0.369. The van der Waals surface area contributed by atoms with Crippen LogP contribution in [-0.2, 0) is 14.3 Å². The molecule has 21 heavy (non-hydrogen) atoms. The predicted molar refractivity (Wildman–Crippen MR) is 82.9 cm³/mol. The molecule has 1 aliphatic rings. The first-order chi connectivity index (χ1) is 10.1. The zero-order valence-corrected chi connectivity index (χ0v) is 13.5. The van der Waals surface area contributed by atoms with E-state index in [-0.39, 0.29) is 23.8 Å². The topological polar surface area (TPSA) is 67.4 Å². The molecular formula is C16H30N2O3. The average Bonchev–Trinajstić information content (AvgIpc) is 2.97. The van der Waals surface area contributed by atoms with Crippen molar-refractivity contribution in [2.24, 2.45) is 5.92 Å². The molecule has 0 saturated heterocycles. The number of ether oxygens (including phenoxy) is 1. The Kier molecular flexibility index (Phi) is 9.06. The molecule has 0 aromatic carbocycles. The molecule has 122 valence electrons. The molecule has 0 bridgehead atoms. The minimum Gasteiger partial charge on any atom is -0.381 e. The molecule has 0 heterocycles. The van der Waals surface area contributed by atoms with Crippen molar-refractivity contribution >= 4 is 11.8 Å². The molecule has 0 spiro atoms. The van der Waals surface area contributed by atoms with Gasteiger partial charge >= 0.3 is 0 Å². The lowest BCUT2D eigenvalue weighted by Crippen LogP contribution is -2.50. The highest BCUT2D eigenvalue weighted by Gasteiger charge is 2.30. The molecule has 0 aromatic heterocycles. The van der Waals surface area contributed by atoms with Gasteiger partial charge in [-0.15, -0.1) is 0 Å². The Bertz CT molecular complexity index is 315. The van der Waals surface area contributed by atoms with E-state index in [0.717, 1.165) is 51.6 Å².